The second-order valence-electron chi connectivity index (χ2n) is 6.06. The molecule has 128 valence electrons. The minimum absolute atomic E-state index is 0.204. The van der Waals surface area contributed by atoms with E-state index in [1.165, 1.54) is 12.8 Å². The molecule has 4 nitrogen and oxygen atoms in total. The number of hydrogen-bond donors (Lipinski definition) is 1. The molecule has 0 aromatic heterocycles. The normalized spacial score (nSPS) is 15.4. The van der Waals surface area contributed by atoms with Gasteiger partial charge in [-0.1, -0.05) is 11.6 Å². The average Bonchev–Trinajstić information content (AvgIpc) is 3.04. The van der Waals surface area contributed by atoms with Crippen molar-refractivity contribution < 1.29 is 13.2 Å². The third-order valence-corrected chi connectivity index (χ3v) is 5.79. The molecule has 2 aromatic carbocycles. The molecule has 0 heterocycles. The van der Waals surface area contributed by atoms with Crippen molar-refractivity contribution in [3.05, 3.63) is 53.1 Å². The number of hydrogen-bond acceptors (Lipinski definition) is 3. The van der Waals surface area contributed by atoms with Crippen molar-refractivity contribution in [3.8, 4) is 5.75 Å². The SMILES string of the molecule is Cc1cc(Cl)ccc1NS(=O)(=O)c1ccc(OC2CCCC2)cc1. The number of nitrogens with one attached hydrogen (secondary N) is 1. The Hall–Kier alpha value is -1.72. The van der Waals surface area contributed by atoms with Gasteiger partial charge in [-0.2, -0.15) is 0 Å². The predicted molar refractivity (Wildman–Crippen MR) is 96.3 cm³/mol. The molecule has 0 aliphatic heterocycles. The fraction of sp³-hybridized carbons (Fsp3) is 0.333. The van der Waals surface area contributed by atoms with Crippen molar-refractivity contribution in [2.45, 2.75) is 43.6 Å². The van der Waals surface area contributed by atoms with Crippen molar-refractivity contribution >= 4 is 27.3 Å². The van der Waals surface area contributed by atoms with Crippen molar-refractivity contribution in [2.75, 3.05) is 4.72 Å². The molecule has 0 amide bonds. The number of rotatable bonds is 5. The van der Waals surface area contributed by atoms with Crippen LogP contribution in [0.5, 0.6) is 5.75 Å². The van der Waals surface area contributed by atoms with Gasteiger partial charge in [0.25, 0.3) is 10.0 Å². The van der Waals surface area contributed by atoms with Gasteiger partial charge < -0.3 is 4.74 Å². The first-order valence-corrected chi connectivity index (χ1v) is 9.86. The Kier molecular flexibility index (Phi) is 5.01. The summed E-state index contributed by atoms with van der Waals surface area (Å²) in [5, 5.41) is 0.573. The summed E-state index contributed by atoms with van der Waals surface area (Å²) in [6.07, 6.45) is 4.78. The van der Waals surface area contributed by atoms with Gasteiger partial charge in [0.2, 0.25) is 0 Å². The molecular formula is C18H20ClNO3S. The van der Waals surface area contributed by atoms with Gasteiger partial charge in [0, 0.05) is 5.02 Å². The lowest BCUT2D eigenvalue weighted by molar-refractivity contribution is 0.210. The summed E-state index contributed by atoms with van der Waals surface area (Å²) in [5.74, 6) is 0.712. The highest BCUT2D eigenvalue weighted by atomic mass is 35.5. The van der Waals surface area contributed by atoms with Gasteiger partial charge in [0.15, 0.2) is 0 Å². The summed E-state index contributed by atoms with van der Waals surface area (Å²) in [7, 11) is -3.64. The highest BCUT2D eigenvalue weighted by molar-refractivity contribution is 7.92. The van der Waals surface area contributed by atoms with Crippen molar-refractivity contribution in [3.63, 3.8) is 0 Å². The second-order valence-corrected chi connectivity index (χ2v) is 8.18. The van der Waals surface area contributed by atoms with Gasteiger partial charge >= 0.3 is 0 Å². The lowest BCUT2D eigenvalue weighted by Gasteiger charge is -2.14. The number of halogens is 1. The molecule has 1 aliphatic carbocycles. The van der Waals surface area contributed by atoms with Crippen molar-refractivity contribution in [1.29, 1.82) is 0 Å². The number of benzene rings is 2. The highest BCUT2D eigenvalue weighted by Crippen LogP contribution is 2.26. The first-order valence-electron chi connectivity index (χ1n) is 8.00. The Morgan fingerprint density at radius 2 is 1.75 bits per heavy atom. The van der Waals surface area contributed by atoms with Gasteiger partial charge in [-0.25, -0.2) is 8.42 Å². The Balaban J connectivity index is 1.74. The smallest absolute Gasteiger partial charge is 0.261 e. The summed E-state index contributed by atoms with van der Waals surface area (Å²) in [5.41, 5.74) is 1.29. The molecule has 3 rings (SSSR count). The molecule has 0 spiro atoms. The molecule has 1 N–H and O–H groups in total. The molecule has 0 unspecified atom stereocenters. The van der Waals surface area contributed by atoms with Crippen LogP contribution in [-0.4, -0.2) is 14.5 Å². The molecule has 0 saturated heterocycles. The van der Waals surface area contributed by atoms with E-state index in [1.807, 2.05) is 6.92 Å². The third-order valence-electron chi connectivity index (χ3n) is 4.17. The van der Waals surface area contributed by atoms with Crippen LogP contribution in [0.25, 0.3) is 0 Å². The minimum Gasteiger partial charge on any atom is -0.490 e. The van der Waals surface area contributed by atoms with Gasteiger partial charge in [-0.3, -0.25) is 4.72 Å². The van der Waals surface area contributed by atoms with Crippen LogP contribution in [0.1, 0.15) is 31.2 Å². The first-order chi connectivity index (χ1) is 11.4. The van der Waals surface area contributed by atoms with E-state index in [2.05, 4.69) is 4.72 Å². The van der Waals surface area contributed by atoms with Crippen LogP contribution >= 0.6 is 11.6 Å². The standard InChI is InChI=1S/C18H20ClNO3S/c1-13-12-14(19)6-11-18(13)20-24(21,22)17-9-7-16(8-10-17)23-15-4-2-3-5-15/h6-12,15,20H,2-5H2,1H3. The van der Waals surface area contributed by atoms with Crippen molar-refractivity contribution in [2.24, 2.45) is 0 Å². The molecule has 0 bridgehead atoms. The lowest BCUT2D eigenvalue weighted by atomic mass is 10.2. The zero-order valence-electron chi connectivity index (χ0n) is 13.5. The zero-order chi connectivity index (χ0) is 17.2. The number of ether oxygens (including phenoxy) is 1. The van der Waals surface area contributed by atoms with Gasteiger partial charge in [-0.15, -0.1) is 0 Å². The van der Waals surface area contributed by atoms with Crippen LogP contribution in [0, 0.1) is 6.92 Å². The molecule has 6 heteroatoms. The zero-order valence-corrected chi connectivity index (χ0v) is 15.0. The van der Waals surface area contributed by atoms with E-state index in [-0.39, 0.29) is 11.0 Å². The second kappa shape index (κ2) is 7.03. The highest BCUT2D eigenvalue weighted by Gasteiger charge is 2.18. The lowest BCUT2D eigenvalue weighted by Crippen LogP contribution is -2.14. The van der Waals surface area contributed by atoms with E-state index in [0.29, 0.717) is 16.5 Å². The molecule has 1 fully saturated rings. The monoisotopic (exact) mass is 365 g/mol. The topological polar surface area (TPSA) is 55.4 Å². The van der Waals surface area contributed by atoms with Crippen molar-refractivity contribution in [1.82, 2.24) is 0 Å². The fourth-order valence-corrected chi connectivity index (χ4v) is 4.20. The van der Waals surface area contributed by atoms with E-state index >= 15 is 0 Å². The maximum Gasteiger partial charge on any atom is 0.261 e. The molecule has 1 aliphatic rings. The molecule has 0 radical (unpaired) electrons. The van der Waals surface area contributed by atoms with E-state index < -0.39 is 10.0 Å². The van der Waals surface area contributed by atoms with Gasteiger partial charge in [-0.05, 0) is 80.6 Å². The summed E-state index contributed by atoms with van der Waals surface area (Å²) in [4.78, 5) is 0.204. The van der Waals surface area contributed by atoms with E-state index in [4.69, 9.17) is 16.3 Å². The third kappa shape index (κ3) is 4.02. The first kappa shape index (κ1) is 17.1. The summed E-state index contributed by atoms with van der Waals surface area (Å²) >= 11 is 5.90. The Labute approximate surface area is 147 Å². The minimum atomic E-state index is -3.64. The molecule has 2 aromatic rings. The number of aryl methyl sites for hydroxylation is 1. The number of sulfonamides is 1. The maximum atomic E-state index is 12.5. The summed E-state index contributed by atoms with van der Waals surface area (Å²) < 4.78 is 33.5. The van der Waals surface area contributed by atoms with Crippen LogP contribution in [0.2, 0.25) is 5.02 Å². The molecular weight excluding hydrogens is 346 g/mol. The summed E-state index contributed by atoms with van der Waals surface area (Å²) in [6, 6.07) is 11.6. The fourth-order valence-electron chi connectivity index (χ4n) is 2.84. The van der Waals surface area contributed by atoms with Crippen LogP contribution < -0.4 is 9.46 Å². The molecule has 1 saturated carbocycles. The maximum absolute atomic E-state index is 12.5. The van der Waals surface area contributed by atoms with Crippen LogP contribution in [0.15, 0.2) is 47.4 Å². The summed E-state index contributed by atoms with van der Waals surface area (Å²) in [6.45, 7) is 1.81. The average molecular weight is 366 g/mol. The van der Waals surface area contributed by atoms with Crippen LogP contribution in [0.3, 0.4) is 0 Å². The van der Waals surface area contributed by atoms with E-state index in [0.717, 1.165) is 18.4 Å². The molecule has 0 atom stereocenters. The Morgan fingerprint density at radius 1 is 1.08 bits per heavy atom. The quantitative estimate of drug-likeness (QED) is 0.830. The largest absolute Gasteiger partial charge is 0.490 e. The Morgan fingerprint density at radius 3 is 2.38 bits per heavy atom. The predicted octanol–water partition coefficient (Wildman–Crippen LogP) is 4.77. The number of anilines is 1. The van der Waals surface area contributed by atoms with Crippen LogP contribution in [-0.2, 0) is 10.0 Å². The van der Waals surface area contributed by atoms with Gasteiger partial charge in [0.05, 0.1) is 16.7 Å². The Bertz CT molecular complexity index is 813. The van der Waals surface area contributed by atoms with E-state index in [1.54, 1.807) is 42.5 Å². The van der Waals surface area contributed by atoms with Crippen LogP contribution in [0.4, 0.5) is 5.69 Å². The van der Waals surface area contributed by atoms with E-state index in [9.17, 15) is 8.42 Å². The molecule has 24 heavy (non-hydrogen) atoms. The van der Waals surface area contributed by atoms with Gasteiger partial charge in [0.1, 0.15) is 5.75 Å².